The molecular weight excluding hydrogens is 468 g/mol. The van der Waals surface area contributed by atoms with E-state index in [9.17, 15) is 14.9 Å². The lowest BCUT2D eigenvalue weighted by Gasteiger charge is -2.06. The zero-order chi connectivity index (χ0) is 21.5. The van der Waals surface area contributed by atoms with Gasteiger partial charge in [0.25, 0.3) is 5.91 Å². The first-order valence-electron chi connectivity index (χ1n) is 8.71. The molecule has 0 aliphatic rings. The van der Waals surface area contributed by atoms with Crippen LogP contribution in [0.2, 0.25) is 5.02 Å². The Bertz CT molecular complexity index is 1150. The number of hydrogen-bond acceptors (Lipinski definition) is 4. The van der Waals surface area contributed by atoms with Crippen LogP contribution in [0.15, 0.2) is 82.8 Å². The number of carbonyl (C=O) groups excluding carboxylic acids is 2. The number of anilines is 1. The van der Waals surface area contributed by atoms with Gasteiger partial charge in [0.05, 0.1) is 5.56 Å². The number of rotatable bonds is 5. The maximum atomic E-state index is 12.3. The third-order valence-corrected chi connectivity index (χ3v) is 4.69. The normalized spacial score (nSPS) is 10.8. The molecule has 1 N–H and O–H groups in total. The summed E-state index contributed by atoms with van der Waals surface area (Å²) in [6, 6.07) is 21.8. The van der Waals surface area contributed by atoms with Crippen LogP contribution in [-0.4, -0.2) is 11.9 Å². The molecule has 0 spiro atoms. The lowest BCUT2D eigenvalue weighted by Crippen LogP contribution is -2.13. The monoisotopic (exact) mass is 480 g/mol. The van der Waals surface area contributed by atoms with Crippen molar-refractivity contribution in [2.75, 3.05) is 5.32 Å². The number of hydrogen-bond donors (Lipinski definition) is 1. The SMILES string of the molecule is N#C/C(=C\c1ccc(OC(=O)c2ccc(Br)cc2)cc1)C(=O)Nc1cccc(Cl)c1. The molecule has 0 unspecified atom stereocenters. The summed E-state index contributed by atoms with van der Waals surface area (Å²) in [6.07, 6.45) is 1.44. The number of nitriles is 1. The molecule has 0 fully saturated rings. The fourth-order valence-electron chi connectivity index (χ4n) is 2.46. The Morgan fingerprint density at radius 3 is 2.37 bits per heavy atom. The number of halogens is 2. The van der Waals surface area contributed by atoms with Crippen molar-refractivity contribution in [3.63, 3.8) is 0 Å². The molecule has 5 nitrogen and oxygen atoms in total. The smallest absolute Gasteiger partial charge is 0.343 e. The van der Waals surface area contributed by atoms with E-state index in [-0.39, 0.29) is 5.57 Å². The Hall–Kier alpha value is -3.40. The minimum absolute atomic E-state index is 0.0745. The van der Waals surface area contributed by atoms with Crippen molar-refractivity contribution in [2.45, 2.75) is 0 Å². The molecule has 0 aromatic heterocycles. The van der Waals surface area contributed by atoms with E-state index in [4.69, 9.17) is 16.3 Å². The molecule has 3 aromatic carbocycles. The lowest BCUT2D eigenvalue weighted by atomic mass is 10.1. The van der Waals surface area contributed by atoms with Gasteiger partial charge in [0.15, 0.2) is 0 Å². The van der Waals surface area contributed by atoms with Crippen molar-refractivity contribution in [3.8, 4) is 11.8 Å². The Kier molecular flexibility index (Phi) is 7.02. The fourth-order valence-corrected chi connectivity index (χ4v) is 2.92. The number of amides is 1. The highest BCUT2D eigenvalue weighted by Crippen LogP contribution is 2.19. The maximum absolute atomic E-state index is 12.3. The molecule has 0 radical (unpaired) electrons. The average molecular weight is 482 g/mol. The molecule has 0 aliphatic carbocycles. The van der Waals surface area contributed by atoms with Crippen molar-refractivity contribution in [1.82, 2.24) is 0 Å². The Balaban J connectivity index is 1.68. The zero-order valence-electron chi connectivity index (χ0n) is 15.4. The van der Waals surface area contributed by atoms with Crippen LogP contribution in [0.5, 0.6) is 5.75 Å². The van der Waals surface area contributed by atoms with E-state index in [1.54, 1.807) is 72.8 Å². The summed E-state index contributed by atoms with van der Waals surface area (Å²) in [5, 5.41) is 12.4. The van der Waals surface area contributed by atoms with Crippen molar-refractivity contribution >= 4 is 51.2 Å². The lowest BCUT2D eigenvalue weighted by molar-refractivity contribution is -0.112. The van der Waals surface area contributed by atoms with Gasteiger partial charge in [-0.1, -0.05) is 45.7 Å². The van der Waals surface area contributed by atoms with Crippen molar-refractivity contribution in [3.05, 3.63) is 99.0 Å². The Morgan fingerprint density at radius 2 is 1.73 bits per heavy atom. The summed E-state index contributed by atoms with van der Waals surface area (Å²) in [5.41, 5.74) is 1.45. The molecule has 0 saturated carbocycles. The summed E-state index contributed by atoms with van der Waals surface area (Å²) in [4.78, 5) is 24.5. The van der Waals surface area contributed by atoms with E-state index in [2.05, 4.69) is 21.2 Å². The first kappa shape index (κ1) is 21.3. The molecule has 0 aliphatic heterocycles. The van der Waals surface area contributed by atoms with Crippen LogP contribution in [0.25, 0.3) is 6.08 Å². The highest BCUT2D eigenvalue weighted by atomic mass is 79.9. The second kappa shape index (κ2) is 9.88. The van der Waals surface area contributed by atoms with E-state index in [1.165, 1.54) is 6.08 Å². The van der Waals surface area contributed by atoms with Crippen LogP contribution in [0, 0.1) is 11.3 Å². The first-order chi connectivity index (χ1) is 14.4. The van der Waals surface area contributed by atoms with Crippen LogP contribution >= 0.6 is 27.5 Å². The molecule has 7 heteroatoms. The predicted molar refractivity (Wildman–Crippen MR) is 119 cm³/mol. The van der Waals surface area contributed by atoms with Gasteiger partial charge in [-0.3, -0.25) is 4.79 Å². The van der Waals surface area contributed by atoms with Gasteiger partial charge >= 0.3 is 5.97 Å². The molecule has 3 rings (SSSR count). The van der Waals surface area contributed by atoms with Gasteiger partial charge in [-0.05, 0) is 66.2 Å². The van der Waals surface area contributed by atoms with Crippen LogP contribution in [0.1, 0.15) is 15.9 Å². The molecule has 148 valence electrons. The number of nitrogens with one attached hydrogen (secondary N) is 1. The molecule has 3 aromatic rings. The van der Waals surface area contributed by atoms with E-state index in [0.717, 1.165) is 4.47 Å². The molecule has 0 bridgehead atoms. The quantitative estimate of drug-likeness (QED) is 0.214. The highest BCUT2D eigenvalue weighted by Gasteiger charge is 2.11. The van der Waals surface area contributed by atoms with Gasteiger partial charge in [0.1, 0.15) is 17.4 Å². The van der Waals surface area contributed by atoms with E-state index >= 15 is 0 Å². The molecule has 0 saturated heterocycles. The van der Waals surface area contributed by atoms with Gasteiger partial charge in [-0.2, -0.15) is 5.26 Å². The first-order valence-corrected chi connectivity index (χ1v) is 9.88. The Morgan fingerprint density at radius 1 is 1.03 bits per heavy atom. The van der Waals surface area contributed by atoms with E-state index in [1.807, 2.05) is 6.07 Å². The van der Waals surface area contributed by atoms with Gasteiger partial charge in [0.2, 0.25) is 0 Å². The number of benzene rings is 3. The second-order valence-corrected chi connectivity index (χ2v) is 7.45. The molecule has 0 atom stereocenters. The van der Waals surface area contributed by atoms with Gasteiger partial charge in [-0.15, -0.1) is 0 Å². The van der Waals surface area contributed by atoms with Crippen LogP contribution in [0.4, 0.5) is 5.69 Å². The van der Waals surface area contributed by atoms with Crippen molar-refractivity contribution in [1.29, 1.82) is 5.26 Å². The standard InChI is InChI=1S/C23H14BrClN2O3/c24-18-8-6-16(7-9-18)23(29)30-21-10-4-15(5-11-21)12-17(14-26)22(28)27-20-3-1-2-19(25)13-20/h1-13H,(H,27,28)/b17-12+. The molecular formula is C23H14BrClN2O3. The summed E-state index contributed by atoms with van der Waals surface area (Å²) in [6.45, 7) is 0. The number of ether oxygens (including phenoxy) is 1. The topological polar surface area (TPSA) is 79.2 Å². The van der Waals surface area contributed by atoms with Crippen molar-refractivity contribution < 1.29 is 14.3 Å². The van der Waals surface area contributed by atoms with E-state index < -0.39 is 11.9 Å². The number of nitrogens with zero attached hydrogens (tertiary/aromatic N) is 1. The molecule has 1 amide bonds. The van der Waals surface area contributed by atoms with Gasteiger partial charge in [0, 0.05) is 15.2 Å². The van der Waals surface area contributed by atoms with Crippen LogP contribution < -0.4 is 10.1 Å². The minimum atomic E-state index is -0.550. The third-order valence-electron chi connectivity index (χ3n) is 3.93. The summed E-state index contributed by atoms with van der Waals surface area (Å²) < 4.78 is 6.20. The van der Waals surface area contributed by atoms with Gasteiger partial charge in [-0.25, -0.2) is 4.79 Å². The largest absolute Gasteiger partial charge is 0.423 e. The minimum Gasteiger partial charge on any atom is -0.423 e. The summed E-state index contributed by atoms with van der Waals surface area (Å²) >= 11 is 9.21. The van der Waals surface area contributed by atoms with Crippen LogP contribution in [-0.2, 0) is 4.79 Å². The maximum Gasteiger partial charge on any atom is 0.343 e. The molecule has 30 heavy (non-hydrogen) atoms. The second-order valence-electron chi connectivity index (χ2n) is 6.10. The Labute approximate surface area is 186 Å². The van der Waals surface area contributed by atoms with Crippen LogP contribution in [0.3, 0.4) is 0 Å². The summed E-state index contributed by atoms with van der Waals surface area (Å²) in [7, 11) is 0. The van der Waals surface area contributed by atoms with E-state index in [0.29, 0.717) is 27.6 Å². The number of esters is 1. The van der Waals surface area contributed by atoms with Gasteiger partial charge < -0.3 is 10.1 Å². The zero-order valence-corrected chi connectivity index (χ0v) is 17.8. The third kappa shape index (κ3) is 5.80. The predicted octanol–water partition coefficient (Wildman–Crippen LogP) is 5.87. The average Bonchev–Trinajstić information content (AvgIpc) is 2.73. The highest BCUT2D eigenvalue weighted by molar-refractivity contribution is 9.10. The molecule has 0 heterocycles. The number of carbonyl (C=O) groups is 2. The fraction of sp³-hybridized carbons (Fsp3) is 0. The summed E-state index contributed by atoms with van der Waals surface area (Å²) in [5.74, 6) is -0.683. The van der Waals surface area contributed by atoms with Crippen molar-refractivity contribution in [2.24, 2.45) is 0 Å².